The van der Waals surface area contributed by atoms with Crippen LogP contribution in [-0.2, 0) is 15.1 Å². The lowest BCUT2D eigenvalue weighted by Gasteiger charge is -2.42. The fraction of sp³-hybridized carbons (Fsp3) is 0.350. The molecule has 2 aromatic rings. The standard InChI is InChI=1S/C20H22N2O5/c1-3-26-19(23)17-13-16(9-10-18(17)22(24)25)21-11-12-27-20(2,14-21)15-7-5-4-6-8-15/h4-10,13H,3,11-12,14H2,1-2H3. The van der Waals surface area contributed by atoms with Crippen molar-refractivity contribution in [1.29, 1.82) is 0 Å². The van der Waals surface area contributed by atoms with Crippen LogP contribution in [0.4, 0.5) is 11.4 Å². The van der Waals surface area contributed by atoms with Crippen LogP contribution in [0.25, 0.3) is 0 Å². The molecule has 1 aliphatic rings. The van der Waals surface area contributed by atoms with Crippen molar-refractivity contribution in [1.82, 2.24) is 0 Å². The number of rotatable bonds is 5. The zero-order valence-electron chi connectivity index (χ0n) is 15.4. The summed E-state index contributed by atoms with van der Waals surface area (Å²) in [6, 6.07) is 14.5. The second-order valence-electron chi connectivity index (χ2n) is 6.55. The van der Waals surface area contributed by atoms with Crippen molar-refractivity contribution in [3.05, 3.63) is 69.8 Å². The number of nitro benzene ring substituents is 1. The smallest absolute Gasteiger partial charge is 0.345 e. The van der Waals surface area contributed by atoms with Gasteiger partial charge in [0.15, 0.2) is 0 Å². The number of hydrogen-bond donors (Lipinski definition) is 0. The molecular formula is C20H22N2O5. The van der Waals surface area contributed by atoms with Crippen LogP contribution in [-0.4, -0.2) is 37.2 Å². The highest BCUT2D eigenvalue weighted by Gasteiger charge is 2.34. The molecule has 2 aromatic carbocycles. The van der Waals surface area contributed by atoms with E-state index in [4.69, 9.17) is 9.47 Å². The highest BCUT2D eigenvalue weighted by Crippen LogP contribution is 2.33. The van der Waals surface area contributed by atoms with Crippen LogP contribution < -0.4 is 4.90 Å². The van der Waals surface area contributed by atoms with E-state index in [9.17, 15) is 14.9 Å². The molecule has 7 nitrogen and oxygen atoms in total. The van der Waals surface area contributed by atoms with Gasteiger partial charge in [-0.3, -0.25) is 10.1 Å². The summed E-state index contributed by atoms with van der Waals surface area (Å²) in [5.41, 5.74) is 0.991. The second kappa shape index (κ2) is 7.75. The third kappa shape index (κ3) is 3.93. The van der Waals surface area contributed by atoms with Gasteiger partial charge in [0.05, 0.1) is 24.7 Å². The van der Waals surface area contributed by atoms with E-state index in [1.54, 1.807) is 13.0 Å². The first-order valence-electron chi connectivity index (χ1n) is 8.84. The Bertz CT molecular complexity index is 840. The molecule has 1 unspecified atom stereocenters. The minimum absolute atomic E-state index is 0.0349. The lowest BCUT2D eigenvalue weighted by atomic mass is 9.93. The molecule has 27 heavy (non-hydrogen) atoms. The molecule has 0 aromatic heterocycles. The number of nitrogens with zero attached hydrogens (tertiary/aromatic N) is 2. The molecule has 0 saturated carbocycles. The molecule has 1 atom stereocenters. The molecule has 0 spiro atoms. The summed E-state index contributed by atoms with van der Waals surface area (Å²) < 4.78 is 11.0. The maximum absolute atomic E-state index is 12.2. The first-order valence-corrected chi connectivity index (χ1v) is 8.84. The average Bonchev–Trinajstić information content (AvgIpc) is 2.68. The Labute approximate surface area is 157 Å². The molecule has 3 rings (SSSR count). The van der Waals surface area contributed by atoms with Crippen LogP contribution in [0.5, 0.6) is 0 Å². The van der Waals surface area contributed by atoms with E-state index in [1.807, 2.05) is 37.3 Å². The zero-order chi connectivity index (χ0) is 19.4. The van der Waals surface area contributed by atoms with Crippen molar-refractivity contribution in [2.24, 2.45) is 0 Å². The lowest BCUT2D eigenvalue weighted by molar-refractivity contribution is -0.385. The number of anilines is 1. The van der Waals surface area contributed by atoms with Gasteiger partial charge >= 0.3 is 5.97 Å². The first kappa shape index (κ1) is 18.8. The summed E-state index contributed by atoms with van der Waals surface area (Å²) in [7, 11) is 0. The monoisotopic (exact) mass is 370 g/mol. The summed E-state index contributed by atoms with van der Waals surface area (Å²) in [4.78, 5) is 25.0. The quantitative estimate of drug-likeness (QED) is 0.455. The van der Waals surface area contributed by atoms with Gasteiger partial charge in [-0.2, -0.15) is 0 Å². The van der Waals surface area contributed by atoms with Crippen LogP contribution in [0.3, 0.4) is 0 Å². The van der Waals surface area contributed by atoms with Crippen molar-refractivity contribution in [2.45, 2.75) is 19.4 Å². The molecule has 1 saturated heterocycles. The van der Waals surface area contributed by atoms with Gasteiger partial charge in [-0.15, -0.1) is 0 Å². The minimum Gasteiger partial charge on any atom is -0.462 e. The van der Waals surface area contributed by atoms with Crippen LogP contribution in [0.1, 0.15) is 29.8 Å². The van der Waals surface area contributed by atoms with Crippen molar-refractivity contribution >= 4 is 17.3 Å². The summed E-state index contributed by atoms with van der Waals surface area (Å²) in [5, 5.41) is 11.3. The first-order chi connectivity index (χ1) is 12.9. The SMILES string of the molecule is CCOC(=O)c1cc(N2CCOC(C)(c3ccccc3)C2)ccc1[N+](=O)[O-]. The average molecular weight is 370 g/mol. The van der Waals surface area contributed by atoms with Crippen molar-refractivity contribution in [2.75, 3.05) is 31.2 Å². The molecule has 0 bridgehead atoms. The fourth-order valence-corrected chi connectivity index (χ4v) is 3.31. The number of ether oxygens (including phenoxy) is 2. The summed E-state index contributed by atoms with van der Waals surface area (Å²) in [6.07, 6.45) is 0. The number of benzene rings is 2. The third-order valence-electron chi connectivity index (χ3n) is 4.70. The minimum atomic E-state index is -0.690. The van der Waals surface area contributed by atoms with Gasteiger partial charge < -0.3 is 14.4 Å². The maximum atomic E-state index is 12.2. The van der Waals surface area contributed by atoms with Crippen LogP contribution in [0, 0.1) is 10.1 Å². The Morgan fingerprint density at radius 3 is 2.70 bits per heavy atom. The number of carbonyl (C=O) groups is 1. The lowest BCUT2D eigenvalue weighted by Crippen LogP contribution is -2.48. The summed E-state index contributed by atoms with van der Waals surface area (Å²) >= 11 is 0. The Balaban J connectivity index is 1.92. The predicted octanol–water partition coefficient (Wildman–Crippen LogP) is 3.52. The molecule has 0 N–H and O–H groups in total. The predicted molar refractivity (Wildman–Crippen MR) is 101 cm³/mol. The number of esters is 1. The van der Waals surface area contributed by atoms with Crippen molar-refractivity contribution in [3.63, 3.8) is 0 Å². The van der Waals surface area contributed by atoms with Gasteiger partial charge in [0, 0.05) is 18.3 Å². The molecule has 0 amide bonds. The Hall–Kier alpha value is -2.93. The molecule has 1 heterocycles. The molecule has 0 radical (unpaired) electrons. The Morgan fingerprint density at radius 2 is 2.04 bits per heavy atom. The molecular weight excluding hydrogens is 348 g/mol. The van der Waals surface area contributed by atoms with E-state index in [1.165, 1.54) is 12.1 Å². The van der Waals surface area contributed by atoms with Gasteiger partial charge in [-0.05, 0) is 31.5 Å². The highest BCUT2D eigenvalue weighted by molar-refractivity contribution is 5.95. The van der Waals surface area contributed by atoms with Crippen LogP contribution in [0.2, 0.25) is 0 Å². The maximum Gasteiger partial charge on any atom is 0.345 e. The third-order valence-corrected chi connectivity index (χ3v) is 4.70. The van der Waals surface area contributed by atoms with Gasteiger partial charge in [-0.25, -0.2) is 4.79 Å². The van der Waals surface area contributed by atoms with Crippen molar-refractivity contribution in [3.8, 4) is 0 Å². The molecule has 142 valence electrons. The van der Waals surface area contributed by atoms with E-state index in [-0.39, 0.29) is 17.9 Å². The molecule has 1 aliphatic heterocycles. The molecule has 0 aliphatic carbocycles. The van der Waals surface area contributed by atoms with Gasteiger partial charge in [0.25, 0.3) is 5.69 Å². The summed E-state index contributed by atoms with van der Waals surface area (Å²) in [5.74, 6) is -0.690. The second-order valence-corrected chi connectivity index (χ2v) is 6.55. The number of carbonyl (C=O) groups excluding carboxylic acids is 1. The Morgan fingerprint density at radius 1 is 1.30 bits per heavy atom. The van der Waals surface area contributed by atoms with E-state index < -0.39 is 16.5 Å². The van der Waals surface area contributed by atoms with Crippen molar-refractivity contribution < 1.29 is 19.2 Å². The highest BCUT2D eigenvalue weighted by atomic mass is 16.6. The van der Waals surface area contributed by atoms with E-state index in [0.717, 1.165) is 11.3 Å². The van der Waals surface area contributed by atoms with Crippen LogP contribution >= 0.6 is 0 Å². The number of morpholine rings is 1. The normalized spacial score (nSPS) is 19.6. The van der Waals surface area contributed by atoms with Crippen LogP contribution in [0.15, 0.2) is 48.5 Å². The fourth-order valence-electron chi connectivity index (χ4n) is 3.31. The van der Waals surface area contributed by atoms with Gasteiger partial charge in [-0.1, -0.05) is 30.3 Å². The van der Waals surface area contributed by atoms with Gasteiger partial charge in [0.1, 0.15) is 11.2 Å². The zero-order valence-corrected chi connectivity index (χ0v) is 15.4. The number of hydrogen-bond acceptors (Lipinski definition) is 6. The van der Waals surface area contributed by atoms with Gasteiger partial charge in [0.2, 0.25) is 0 Å². The van der Waals surface area contributed by atoms with E-state index in [0.29, 0.717) is 19.7 Å². The van der Waals surface area contributed by atoms with E-state index in [2.05, 4.69) is 4.90 Å². The molecule has 1 fully saturated rings. The number of nitro groups is 1. The summed E-state index contributed by atoms with van der Waals surface area (Å²) in [6.45, 7) is 5.55. The van der Waals surface area contributed by atoms with E-state index >= 15 is 0 Å². The topological polar surface area (TPSA) is 81.9 Å². The Kier molecular flexibility index (Phi) is 5.41. The molecule has 7 heteroatoms. The largest absolute Gasteiger partial charge is 0.462 e.